The van der Waals surface area contributed by atoms with Gasteiger partial charge in [0.25, 0.3) is 11.6 Å². The van der Waals surface area contributed by atoms with Crippen LogP contribution in [0, 0.1) is 10.1 Å². The number of non-ortho nitro benzene ring substituents is 1. The predicted octanol–water partition coefficient (Wildman–Crippen LogP) is 4.10. The topological polar surface area (TPSA) is 99.3 Å². The first-order valence-electron chi connectivity index (χ1n) is 8.12. The lowest BCUT2D eigenvalue weighted by atomic mass is 10.2. The molecule has 0 saturated heterocycles. The number of hydrogen-bond donors (Lipinski definition) is 1. The fraction of sp³-hybridized carbons (Fsp3) is 0.111. The Morgan fingerprint density at radius 1 is 1.17 bits per heavy atom. The van der Waals surface area contributed by atoms with Crippen LogP contribution in [0.4, 0.5) is 24.5 Å². The van der Waals surface area contributed by atoms with Crippen molar-refractivity contribution >= 4 is 17.3 Å². The summed E-state index contributed by atoms with van der Waals surface area (Å²) in [7, 11) is 0. The number of nitrogens with zero attached hydrogens (tertiary/aromatic N) is 3. The number of anilines is 1. The molecule has 1 N–H and O–H groups in total. The lowest BCUT2D eigenvalue weighted by Crippen LogP contribution is -2.14. The van der Waals surface area contributed by atoms with Crippen LogP contribution >= 0.6 is 0 Å². The number of hydrogen-bond acceptors (Lipinski definition) is 5. The number of carbonyl (C=O) groups excluding carboxylic acids is 1. The fourth-order valence-electron chi connectivity index (χ4n) is 2.32. The summed E-state index contributed by atoms with van der Waals surface area (Å²) < 4.78 is 44.7. The Balaban J connectivity index is 1.60. The second-order valence-electron chi connectivity index (χ2n) is 5.80. The molecule has 1 amide bonds. The van der Waals surface area contributed by atoms with Crippen LogP contribution in [-0.4, -0.2) is 20.6 Å². The molecule has 11 heteroatoms. The highest BCUT2D eigenvalue weighted by molar-refractivity contribution is 6.02. The molecular formula is C18H13F3N4O4. The average molecular weight is 406 g/mol. The minimum Gasteiger partial charge on any atom is -0.471 e. The van der Waals surface area contributed by atoms with Gasteiger partial charge >= 0.3 is 6.18 Å². The maximum Gasteiger partial charge on any atom is 0.416 e. The Kier molecular flexibility index (Phi) is 5.48. The minimum atomic E-state index is -4.48. The second-order valence-corrected chi connectivity index (χ2v) is 5.80. The zero-order chi connectivity index (χ0) is 21.0. The van der Waals surface area contributed by atoms with Crippen LogP contribution in [-0.2, 0) is 12.9 Å². The molecule has 0 atom stereocenters. The molecule has 2 aromatic carbocycles. The summed E-state index contributed by atoms with van der Waals surface area (Å²) in [4.78, 5) is 22.3. The van der Waals surface area contributed by atoms with Gasteiger partial charge in [0, 0.05) is 24.0 Å². The van der Waals surface area contributed by atoms with Crippen molar-refractivity contribution in [3.05, 3.63) is 82.2 Å². The van der Waals surface area contributed by atoms with Crippen molar-refractivity contribution in [3.63, 3.8) is 0 Å². The van der Waals surface area contributed by atoms with E-state index in [0.717, 1.165) is 12.1 Å². The van der Waals surface area contributed by atoms with Gasteiger partial charge in [0.05, 0.1) is 10.5 Å². The number of carbonyl (C=O) groups is 1. The molecule has 0 spiro atoms. The van der Waals surface area contributed by atoms with E-state index in [2.05, 4.69) is 10.4 Å². The van der Waals surface area contributed by atoms with E-state index in [4.69, 9.17) is 4.74 Å². The van der Waals surface area contributed by atoms with Gasteiger partial charge in [-0.3, -0.25) is 14.9 Å². The van der Waals surface area contributed by atoms with Crippen molar-refractivity contribution < 1.29 is 27.6 Å². The monoisotopic (exact) mass is 406 g/mol. The molecule has 0 radical (unpaired) electrons. The van der Waals surface area contributed by atoms with Crippen molar-refractivity contribution in [1.29, 1.82) is 0 Å². The number of nitro benzene ring substituents is 1. The van der Waals surface area contributed by atoms with Crippen LogP contribution in [0.5, 0.6) is 5.75 Å². The van der Waals surface area contributed by atoms with Crippen LogP contribution in [0.2, 0.25) is 0 Å². The van der Waals surface area contributed by atoms with Gasteiger partial charge in [-0.05, 0) is 36.4 Å². The first kappa shape index (κ1) is 19.9. The number of nitrogens with one attached hydrogen (secondary N) is 1. The number of halogens is 3. The number of benzene rings is 2. The third-order valence-corrected chi connectivity index (χ3v) is 3.73. The Morgan fingerprint density at radius 2 is 1.90 bits per heavy atom. The molecule has 1 heterocycles. The summed E-state index contributed by atoms with van der Waals surface area (Å²) in [5.74, 6) is -0.552. The van der Waals surface area contributed by atoms with Crippen molar-refractivity contribution in [2.24, 2.45) is 0 Å². The summed E-state index contributed by atoms with van der Waals surface area (Å²) in [5.41, 5.74) is -0.566. The van der Waals surface area contributed by atoms with E-state index in [0.29, 0.717) is 5.69 Å². The van der Waals surface area contributed by atoms with Gasteiger partial charge in [-0.1, -0.05) is 6.07 Å². The first-order valence-corrected chi connectivity index (χ1v) is 8.12. The molecule has 0 aliphatic heterocycles. The molecule has 0 saturated carbocycles. The highest BCUT2D eigenvalue weighted by Gasteiger charge is 2.30. The number of ether oxygens (including phenoxy) is 1. The molecule has 8 nitrogen and oxygen atoms in total. The highest BCUT2D eigenvalue weighted by Crippen LogP contribution is 2.31. The van der Waals surface area contributed by atoms with E-state index >= 15 is 0 Å². The number of amides is 1. The van der Waals surface area contributed by atoms with Gasteiger partial charge in [0.2, 0.25) is 0 Å². The molecular weight excluding hydrogens is 393 g/mol. The predicted molar refractivity (Wildman–Crippen MR) is 95.3 cm³/mol. The Hall–Kier alpha value is -3.89. The average Bonchev–Trinajstić information content (AvgIpc) is 3.15. The maximum absolute atomic E-state index is 12.7. The third kappa shape index (κ3) is 5.09. The zero-order valence-corrected chi connectivity index (χ0v) is 14.6. The molecule has 29 heavy (non-hydrogen) atoms. The van der Waals surface area contributed by atoms with Gasteiger partial charge in [0.15, 0.2) is 12.4 Å². The Bertz CT molecular complexity index is 1030. The van der Waals surface area contributed by atoms with Gasteiger partial charge in [-0.15, -0.1) is 0 Å². The summed E-state index contributed by atoms with van der Waals surface area (Å²) >= 11 is 0. The molecule has 3 rings (SSSR count). The molecule has 3 aromatic rings. The van der Waals surface area contributed by atoms with Crippen molar-refractivity contribution in [1.82, 2.24) is 9.78 Å². The lowest BCUT2D eigenvalue weighted by Gasteiger charge is -2.10. The standard InChI is InChI=1S/C18H13F3N4O4/c19-18(20,21)12-2-1-3-15(10-12)29-11-24-9-8-16(23-24)17(26)22-13-4-6-14(7-5-13)25(27)28/h1-10H,11H2,(H,22,26). The van der Waals surface area contributed by atoms with Gasteiger partial charge in [-0.25, -0.2) is 4.68 Å². The lowest BCUT2D eigenvalue weighted by molar-refractivity contribution is -0.384. The number of alkyl halides is 3. The fourth-order valence-corrected chi connectivity index (χ4v) is 2.32. The van der Waals surface area contributed by atoms with E-state index in [1.54, 1.807) is 0 Å². The third-order valence-electron chi connectivity index (χ3n) is 3.73. The van der Waals surface area contributed by atoms with E-state index < -0.39 is 22.6 Å². The zero-order valence-electron chi connectivity index (χ0n) is 14.6. The smallest absolute Gasteiger partial charge is 0.416 e. The molecule has 0 fully saturated rings. The summed E-state index contributed by atoms with van der Waals surface area (Å²) in [6.07, 6.45) is -3.05. The normalized spacial score (nSPS) is 11.1. The van der Waals surface area contributed by atoms with Crippen LogP contribution in [0.15, 0.2) is 60.8 Å². The number of aromatic nitrogens is 2. The highest BCUT2D eigenvalue weighted by atomic mass is 19.4. The molecule has 1 aromatic heterocycles. The molecule has 0 aliphatic carbocycles. The van der Waals surface area contributed by atoms with Gasteiger partial charge < -0.3 is 10.1 Å². The SMILES string of the molecule is O=C(Nc1ccc([N+](=O)[O-])cc1)c1ccn(COc2cccc(C(F)(F)F)c2)n1. The quantitative estimate of drug-likeness (QED) is 0.491. The van der Waals surface area contributed by atoms with E-state index in [-0.39, 0.29) is 23.9 Å². The van der Waals surface area contributed by atoms with Crippen molar-refractivity contribution in [2.75, 3.05) is 5.32 Å². The van der Waals surface area contributed by atoms with Crippen LogP contribution < -0.4 is 10.1 Å². The van der Waals surface area contributed by atoms with Gasteiger partial charge in [-0.2, -0.15) is 18.3 Å². The number of nitro groups is 1. The summed E-state index contributed by atoms with van der Waals surface area (Å²) in [6, 6.07) is 11.1. The van der Waals surface area contributed by atoms with E-state index in [1.807, 2.05) is 0 Å². The number of rotatable bonds is 6. The van der Waals surface area contributed by atoms with Crippen LogP contribution in [0.25, 0.3) is 0 Å². The Labute approximate surface area is 161 Å². The second kappa shape index (κ2) is 8.00. The van der Waals surface area contributed by atoms with E-state index in [9.17, 15) is 28.1 Å². The summed E-state index contributed by atoms with van der Waals surface area (Å²) in [6.45, 7) is -0.202. The molecule has 0 aliphatic rings. The molecule has 0 unspecified atom stereocenters. The summed E-state index contributed by atoms with van der Waals surface area (Å²) in [5, 5.41) is 17.1. The molecule has 150 valence electrons. The maximum atomic E-state index is 12.7. The largest absolute Gasteiger partial charge is 0.471 e. The van der Waals surface area contributed by atoms with Crippen molar-refractivity contribution in [3.8, 4) is 5.75 Å². The Morgan fingerprint density at radius 3 is 2.55 bits per heavy atom. The van der Waals surface area contributed by atoms with Crippen molar-refractivity contribution in [2.45, 2.75) is 12.9 Å². The van der Waals surface area contributed by atoms with Gasteiger partial charge in [0.1, 0.15) is 5.75 Å². The van der Waals surface area contributed by atoms with Crippen LogP contribution in [0.3, 0.4) is 0 Å². The first-order chi connectivity index (χ1) is 13.7. The van der Waals surface area contributed by atoms with E-state index in [1.165, 1.54) is 53.3 Å². The minimum absolute atomic E-state index is 0.00667. The molecule has 0 bridgehead atoms. The van der Waals surface area contributed by atoms with Crippen LogP contribution in [0.1, 0.15) is 16.1 Å².